The van der Waals surface area contributed by atoms with E-state index in [0.717, 1.165) is 0 Å². The molecule has 0 heterocycles. The zero-order chi connectivity index (χ0) is 25.6. The zero-order valence-electron chi connectivity index (χ0n) is 18.1. The van der Waals surface area contributed by atoms with Crippen LogP contribution < -0.4 is 14.8 Å². The van der Waals surface area contributed by atoms with Gasteiger partial charge in [-0.05, 0) is 88.2 Å². The van der Waals surface area contributed by atoms with Crippen molar-refractivity contribution >= 4 is 55.3 Å². The molecule has 0 saturated carbocycles. The lowest BCUT2D eigenvalue weighted by Crippen LogP contribution is -2.13. The fraction of sp³-hybridized carbons (Fsp3) is 0.0417. The van der Waals surface area contributed by atoms with Crippen molar-refractivity contribution in [2.24, 2.45) is 0 Å². The van der Waals surface area contributed by atoms with Gasteiger partial charge in [0.25, 0.3) is 5.91 Å². The summed E-state index contributed by atoms with van der Waals surface area (Å²) in [6.45, 7) is 1.34. The van der Waals surface area contributed by atoms with Crippen LogP contribution in [0.5, 0.6) is 5.75 Å². The second-order valence-electron chi connectivity index (χ2n) is 7.06. The van der Waals surface area contributed by atoms with Crippen LogP contribution in [0.3, 0.4) is 0 Å². The van der Waals surface area contributed by atoms with Gasteiger partial charge in [0.15, 0.2) is 5.75 Å². The number of hydrogen-bond acceptors (Lipinski definition) is 6. The summed E-state index contributed by atoms with van der Waals surface area (Å²) < 4.78 is 43.7. The molecule has 0 bridgehead atoms. The molecule has 2 amide bonds. The van der Waals surface area contributed by atoms with Gasteiger partial charge in [-0.25, -0.2) is 4.39 Å². The van der Waals surface area contributed by atoms with E-state index in [9.17, 15) is 27.7 Å². The smallest absolute Gasteiger partial charge is 0.339 e. The van der Waals surface area contributed by atoms with Crippen LogP contribution in [-0.4, -0.2) is 20.2 Å². The molecule has 178 valence electrons. The molecular formula is C24H17BrFN3O5S. The van der Waals surface area contributed by atoms with Gasteiger partial charge in [0.2, 0.25) is 5.91 Å². The second kappa shape index (κ2) is 10.9. The van der Waals surface area contributed by atoms with Crippen LogP contribution >= 0.6 is 15.9 Å². The van der Waals surface area contributed by atoms with E-state index in [1.54, 1.807) is 6.07 Å². The third-order valence-corrected chi connectivity index (χ3v) is 6.27. The first kappa shape index (κ1) is 25.6. The Morgan fingerprint density at radius 3 is 2.17 bits per heavy atom. The third-order valence-electron chi connectivity index (χ3n) is 4.40. The average molecular weight is 558 g/mol. The molecule has 35 heavy (non-hydrogen) atoms. The van der Waals surface area contributed by atoms with Crippen molar-refractivity contribution in [2.45, 2.75) is 11.8 Å². The number of hydrogen-bond donors (Lipinski definition) is 2. The Morgan fingerprint density at radius 2 is 1.60 bits per heavy atom. The van der Waals surface area contributed by atoms with E-state index in [1.807, 2.05) is 0 Å². The summed E-state index contributed by atoms with van der Waals surface area (Å²) in [4.78, 5) is 23.4. The molecule has 8 nitrogen and oxygen atoms in total. The SMILES string of the molecule is CC(=O)Nc1ccc(S(=O)(=O)Oc2ccc(/C=C(\C#N)C(=O)Nc3ccc(F)cc3)cc2Br)cc1. The van der Waals surface area contributed by atoms with E-state index in [2.05, 4.69) is 26.6 Å². The summed E-state index contributed by atoms with van der Waals surface area (Å²) in [6, 6.07) is 16.6. The molecule has 0 fully saturated rings. The van der Waals surface area contributed by atoms with E-state index in [0.29, 0.717) is 16.9 Å². The van der Waals surface area contributed by atoms with Gasteiger partial charge in [-0.3, -0.25) is 9.59 Å². The van der Waals surface area contributed by atoms with Gasteiger partial charge in [0.05, 0.1) is 4.47 Å². The summed E-state index contributed by atoms with van der Waals surface area (Å²) in [5.41, 5.74) is 0.956. The maximum absolute atomic E-state index is 13.0. The number of benzene rings is 3. The molecular weight excluding hydrogens is 541 g/mol. The molecule has 0 spiro atoms. The molecule has 3 aromatic rings. The summed E-state index contributed by atoms with van der Waals surface area (Å²) in [7, 11) is -4.17. The molecule has 11 heteroatoms. The fourth-order valence-corrected chi connectivity index (χ4v) is 4.33. The lowest BCUT2D eigenvalue weighted by atomic mass is 10.1. The number of rotatable bonds is 7. The number of anilines is 2. The molecule has 3 rings (SSSR count). The molecule has 3 aromatic carbocycles. The predicted molar refractivity (Wildman–Crippen MR) is 131 cm³/mol. The lowest BCUT2D eigenvalue weighted by molar-refractivity contribution is -0.114. The third kappa shape index (κ3) is 6.99. The minimum Gasteiger partial charge on any atom is -0.378 e. The molecule has 2 N–H and O–H groups in total. The Bertz CT molecular complexity index is 1450. The molecule has 0 saturated heterocycles. The van der Waals surface area contributed by atoms with Crippen molar-refractivity contribution in [3.63, 3.8) is 0 Å². The van der Waals surface area contributed by atoms with Gasteiger partial charge in [0.1, 0.15) is 22.4 Å². The second-order valence-corrected chi connectivity index (χ2v) is 9.46. The van der Waals surface area contributed by atoms with Crippen LogP contribution in [-0.2, 0) is 19.7 Å². The van der Waals surface area contributed by atoms with E-state index in [-0.39, 0.29) is 26.6 Å². The molecule has 0 aliphatic heterocycles. The van der Waals surface area contributed by atoms with E-state index >= 15 is 0 Å². The van der Waals surface area contributed by atoms with Crippen molar-refractivity contribution in [3.05, 3.63) is 88.2 Å². The van der Waals surface area contributed by atoms with Crippen LogP contribution in [0.25, 0.3) is 6.08 Å². The van der Waals surface area contributed by atoms with E-state index < -0.39 is 21.8 Å². The summed E-state index contributed by atoms with van der Waals surface area (Å²) in [5.74, 6) is -1.46. The summed E-state index contributed by atoms with van der Waals surface area (Å²) >= 11 is 3.24. The first-order valence-corrected chi connectivity index (χ1v) is 12.1. The average Bonchev–Trinajstić information content (AvgIpc) is 2.80. The highest BCUT2D eigenvalue weighted by Gasteiger charge is 2.19. The number of nitrogens with zero attached hydrogens (tertiary/aromatic N) is 1. The van der Waals surface area contributed by atoms with Crippen LogP contribution in [0, 0.1) is 17.1 Å². The van der Waals surface area contributed by atoms with Gasteiger partial charge in [0, 0.05) is 18.3 Å². The fourth-order valence-electron chi connectivity index (χ4n) is 2.80. The number of nitriles is 1. The van der Waals surface area contributed by atoms with Crippen molar-refractivity contribution in [2.75, 3.05) is 10.6 Å². The summed E-state index contributed by atoms with van der Waals surface area (Å²) in [6.07, 6.45) is 1.31. The monoisotopic (exact) mass is 557 g/mol. The topological polar surface area (TPSA) is 125 Å². The molecule has 0 radical (unpaired) electrons. The lowest BCUT2D eigenvalue weighted by Gasteiger charge is -2.10. The first-order chi connectivity index (χ1) is 16.6. The minimum absolute atomic E-state index is 0.0117. The number of halogens is 2. The van der Waals surface area contributed by atoms with E-state index in [4.69, 9.17) is 4.18 Å². The van der Waals surface area contributed by atoms with Crippen molar-refractivity contribution < 1.29 is 26.6 Å². The van der Waals surface area contributed by atoms with Gasteiger partial charge in [-0.2, -0.15) is 13.7 Å². The number of nitrogens with one attached hydrogen (secondary N) is 2. The molecule has 0 aliphatic rings. The normalized spacial score (nSPS) is 11.3. The van der Waals surface area contributed by atoms with Crippen LogP contribution in [0.1, 0.15) is 12.5 Å². The largest absolute Gasteiger partial charge is 0.378 e. The first-order valence-electron chi connectivity index (χ1n) is 9.88. The number of carbonyl (C=O) groups excluding carboxylic acids is 2. The highest BCUT2D eigenvalue weighted by Crippen LogP contribution is 2.30. The van der Waals surface area contributed by atoms with Crippen molar-refractivity contribution in [1.82, 2.24) is 0 Å². The van der Waals surface area contributed by atoms with Gasteiger partial charge in [-0.15, -0.1) is 0 Å². The highest BCUT2D eigenvalue weighted by atomic mass is 79.9. The Labute approximate surface area is 209 Å². The quantitative estimate of drug-likeness (QED) is 0.243. The highest BCUT2D eigenvalue weighted by molar-refractivity contribution is 9.10. The van der Waals surface area contributed by atoms with Crippen molar-refractivity contribution in [3.8, 4) is 11.8 Å². The molecule has 0 aromatic heterocycles. The van der Waals surface area contributed by atoms with Crippen LogP contribution in [0.2, 0.25) is 0 Å². The Hall–Kier alpha value is -4.01. The Kier molecular flexibility index (Phi) is 8.01. The minimum atomic E-state index is -4.17. The molecule has 0 atom stereocenters. The number of carbonyl (C=O) groups is 2. The number of amides is 2. The van der Waals surface area contributed by atoms with Crippen LogP contribution in [0.15, 0.2) is 81.7 Å². The van der Waals surface area contributed by atoms with Gasteiger partial charge >= 0.3 is 10.1 Å². The zero-order valence-corrected chi connectivity index (χ0v) is 20.5. The maximum Gasteiger partial charge on any atom is 0.339 e. The Morgan fingerprint density at radius 1 is 1.00 bits per heavy atom. The van der Waals surface area contributed by atoms with E-state index in [1.165, 1.54) is 79.7 Å². The molecule has 0 unspecified atom stereocenters. The predicted octanol–water partition coefficient (Wildman–Crippen LogP) is 4.86. The maximum atomic E-state index is 13.0. The van der Waals surface area contributed by atoms with Gasteiger partial charge < -0.3 is 14.8 Å². The van der Waals surface area contributed by atoms with Crippen molar-refractivity contribution in [1.29, 1.82) is 5.26 Å². The Balaban J connectivity index is 1.76. The van der Waals surface area contributed by atoms with Crippen LogP contribution in [0.4, 0.5) is 15.8 Å². The molecule has 0 aliphatic carbocycles. The van der Waals surface area contributed by atoms with Gasteiger partial charge in [-0.1, -0.05) is 6.07 Å². The standard InChI is InChI=1S/C24H17BrFN3O5S/c1-15(30)28-19-7-9-21(10-8-19)35(32,33)34-23-11-2-16(13-22(23)25)12-17(14-27)24(31)29-20-5-3-18(26)4-6-20/h2-13H,1H3,(H,28,30)(H,29,31)/b17-12+. The summed E-state index contributed by atoms with van der Waals surface area (Å²) in [5, 5.41) is 14.4.